The number of aromatic nitrogens is 5. The molecule has 0 fully saturated rings. The third-order valence-electron chi connectivity index (χ3n) is 4.80. The monoisotopic (exact) mass is 426 g/mol. The second-order valence-corrected chi connectivity index (χ2v) is 7.86. The fourth-order valence-corrected chi connectivity index (χ4v) is 4.15. The summed E-state index contributed by atoms with van der Waals surface area (Å²) in [6.07, 6.45) is 7.20. The van der Waals surface area contributed by atoms with Gasteiger partial charge >= 0.3 is 0 Å². The highest BCUT2D eigenvalue weighted by Crippen LogP contribution is 2.27. The summed E-state index contributed by atoms with van der Waals surface area (Å²) in [5.41, 5.74) is 4.19. The van der Waals surface area contributed by atoms with E-state index < -0.39 is 0 Å². The van der Waals surface area contributed by atoms with Crippen molar-refractivity contribution in [1.82, 2.24) is 24.7 Å². The van der Waals surface area contributed by atoms with E-state index in [4.69, 9.17) is 0 Å². The summed E-state index contributed by atoms with van der Waals surface area (Å²) < 4.78 is 2.00. The average molecular weight is 427 g/mol. The average Bonchev–Trinajstić information content (AvgIpc) is 3.50. The van der Waals surface area contributed by atoms with Gasteiger partial charge in [-0.25, -0.2) is 9.97 Å². The van der Waals surface area contributed by atoms with Crippen molar-refractivity contribution in [1.29, 1.82) is 0 Å². The van der Waals surface area contributed by atoms with Gasteiger partial charge in [0.1, 0.15) is 11.4 Å². The first-order chi connectivity index (χ1) is 15.3. The lowest BCUT2D eigenvalue weighted by Gasteiger charge is -2.09. The third kappa shape index (κ3) is 4.19. The van der Waals surface area contributed by atoms with E-state index in [9.17, 15) is 4.79 Å². The van der Waals surface area contributed by atoms with Crippen LogP contribution >= 0.6 is 11.8 Å². The van der Waals surface area contributed by atoms with Gasteiger partial charge < -0.3 is 9.88 Å². The van der Waals surface area contributed by atoms with E-state index in [1.165, 1.54) is 6.33 Å². The summed E-state index contributed by atoms with van der Waals surface area (Å²) in [5, 5.41) is 11.6. The van der Waals surface area contributed by atoms with Crippen LogP contribution in [-0.4, -0.2) is 30.6 Å². The molecular formula is C23H18N6OS. The van der Waals surface area contributed by atoms with Gasteiger partial charge in [-0.15, -0.1) is 11.8 Å². The Labute approximate surface area is 182 Å². The normalized spacial score (nSPS) is 11.0. The molecule has 0 saturated carbocycles. The highest BCUT2D eigenvalue weighted by atomic mass is 32.2. The number of hydrogen-bond acceptors (Lipinski definition) is 5. The van der Waals surface area contributed by atoms with Crippen LogP contribution in [0.1, 0.15) is 15.9 Å². The van der Waals surface area contributed by atoms with Crippen molar-refractivity contribution in [2.75, 3.05) is 5.32 Å². The Bertz CT molecular complexity index is 1330. The van der Waals surface area contributed by atoms with Crippen molar-refractivity contribution < 1.29 is 4.79 Å². The topological polar surface area (TPSA) is 88.5 Å². The maximum Gasteiger partial charge on any atom is 0.255 e. The number of nitrogens with one attached hydrogen (secondary N) is 2. The number of anilines is 1. The first-order valence-corrected chi connectivity index (χ1v) is 10.7. The molecule has 0 radical (unpaired) electrons. The molecule has 0 saturated heterocycles. The standard InChI is InChI=1S/C23H18N6OS/c30-22(17-6-8-19(9-7-17)29-10-1-2-11-29)27-18-5-3-4-16(12-18)14-31-23-20-13-26-28-21(20)24-15-25-23/h1-13,15H,14H2,(H,27,30)(H,24,25,26,28). The highest BCUT2D eigenvalue weighted by molar-refractivity contribution is 7.98. The maximum atomic E-state index is 12.7. The molecule has 7 nitrogen and oxygen atoms in total. The lowest BCUT2D eigenvalue weighted by Crippen LogP contribution is -2.12. The number of carbonyl (C=O) groups excluding carboxylic acids is 1. The Kier molecular flexibility index (Phi) is 5.20. The van der Waals surface area contributed by atoms with Gasteiger partial charge in [0.2, 0.25) is 0 Å². The highest BCUT2D eigenvalue weighted by Gasteiger charge is 2.09. The van der Waals surface area contributed by atoms with E-state index >= 15 is 0 Å². The van der Waals surface area contributed by atoms with Gasteiger partial charge in [-0.1, -0.05) is 12.1 Å². The van der Waals surface area contributed by atoms with Gasteiger partial charge in [0.15, 0.2) is 5.65 Å². The molecule has 2 aromatic carbocycles. The zero-order valence-electron chi connectivity index (χ0n) is 16.4. The number of rotatable bonds is 6. The lowest BCUT2D eigenvalue weighted by atomic mass is 10.1. The zero-order chi connectivity index (χ0) is 21.0. The molecule has 152 valence electrons. The Hall–Kier alpha value is -3.91. The first kappa shape index (κ1) is 19.1. The van der Waals surface area contributed by atoms with Crippen LogP contribution < -0.4 is 5.32 Å². The summed E-state index contributed by atoms with van der Waals surface area (Å²) in [4.78, 5) is 21.2. The van der Waals surface area contributed by atoms with Crippen LogP contribution in [0.15, 0.2) is 90.6 Å². The van der Waals surface area contributed by atoms with Crippen LogP contribution in [0.5, 0.6) is 0 Å². The predicted octanol–water partition coefficient (Wildman–Crippen LogP) is 4.69. The van der Waals surface area contributed by atoms with Gasteiger partial charge in [-0.05, 0) is 54.1 Å². The number of carbonyl (C=O) groups is 1. The lowest BCUT2D eigenvalue weighted by molar-refractivity contribution is 0.102. The molecule has 0 spiro atoms. The molecule has 31 heavy (non-hydrogen) atoms. The number of aromatic amines is 1. The Morgan fingerprint density at radius 2 is 1.87 bits per heavy atom. The molecule has 3 heterocycles. The number of fused-ring (bicyclic) bond motifs is 1. The molecule has 8 heteroatoms. The van der Waals surface area contributed by atoms with Crippen LogP contribution in [-0.2, 0) is 5.75 Å². The van der Waals surface area contributed by atoms with Gasteiger partial charge in [-0.3, -0.25) is 9.89 Å². The number of benzene rings is 2. The molecule has 0 aliphatic carbocycles. The summed E-state index contributed by atoms with van der Waals surface area (Å²) in [6.45, 7) is 0. The fourth-order valence-electron chi connectivity index (χ4n) is 3.24. The number of H-pyrrole nitrogens is 1. The van der Waals surface area contributed by atoms with Gasteiger partial charge in [-0.2, -0.15) is 5.10 Å². The maximum absolute atomic E-state index is 12.7. The minimum Gasteiger partial charge on any atom is -0.324 e. The molecule has 0 unspecified atom stereocenters. The predicted molar refractivity (Wildman–Crippen MR) is 121 cm³/mol. The van der Waals surface area contributed by atoms with Crippen molar-refractivity contribution in [3.63, 3.8) is 0 Å². The zero-order valence-corrected chi connectivity index (χ0v) is 17.2. The summed E-state index contributed by atoms with van der Waals surface area (Å²) >= 11 is 1.61. The van der Waals surface area contributed by atoms with Crippen LogP contribution in [0.25, 0.3) is 16.7 Å². The molecule has 0 atom stereocenters. The van der Waals surface area contributed by atoms with E-state index in [0.717, 1.165) is 33.0 Å². The van der Waals surface area contributed by atoms with E-state index in [2.05, 4.69) is 25.5 Å². The second-order valence-electron chi connectivity index (χ2n) is 6.89. The number of hydrogen-bond donors (Lipinski definition) is 2. The fraction of sp³-hybridized carbons (Fsp3) is 0.0435. The van der Waals surface area contributed by atoms with Crippen molar-refractivity contribution >= 4 is 34.4 Å². The van der Waals surface area contributed by atoms with E-state index in [0.29, 0.717) is 11.3 Å². The molecule has 3 aromatic heterocycles. The molecule has 0 aliphatic heterocycles. The van der Waals surface area contributed by atoms with Crippen LogP contribution in [0.3, 0.4) is 0 Å². The SMILES string of the molecule is O=C(Nc1cccc(CSc2ncnc3[nH]ncc23)c1)c1ccc(-n2cccc2)cc1. The van der Waals surface area contributed by atoms with E-state index in [1.54, 1.807) is 18.0 Å². The van der Waals surface area contributed by atoms with Crippen LogP contribution in [0.4, 0.5) is 5.69 Å². The van der Waals surface area contributed by atoms with Crippen molar-refractivity contribution in [2.45, 2.75) is 10.8 Å². The van der Waals surface area contributed by atoms with Crippen molar-refractivity contribution in [2.24, 2.45) is 0 Å². The quantitative estimate of drug-likeness (QED) is 0.304. The number of amides is 1. The van der Waals surface area contributed by atoms with Gasteiger partial charge in [0.25, 0.3) is 5.91 Å². The van der Waals surface area contributed by atoms with Crippen molar-refractivity contribution in [3.05, 3.63) is 96.7 Å². The largest absolute Gasteiger partial charge is 0.324 e. The summed E-state index contributed by atoms with van der Waals surface area (Å²) in [6, 6.07) is 19.3. The second kappa shape index (κ2) is 8.45. The first-order valence-electron chi connectivity index (χ1n) is 9.67. The molecular weight excluding hydrogens is 408 g/mol. The van der Waals surface area contributed by atoms with E-state index in [1.807, 2.05) is 77.6 Å². The minimum absolute atomic E-state index is 0.139. The Morgan fingerprint density at radius 1 is 1.03 bits per heavy atom. The van der Waals surface area contributed by atoms with Crippen LogP contribution in [0.2, 0.25) is 0 Å². The van der Waals surface area contributed by atoms with E-state index in [-0.39, 0.29) is 5.91 Å². The molecule has 1 amide bonds. The molecule has 5 rings (SSSR count). The van der Waals surface area contributed by atoms with Crippen molar-refractivity contribution in [3.8, 4) is 5.69 Å². The third-order valence-corrected chi connectivity index (χ3v) is 5.88. The smallest absolute Gasteiger partial charge is 0.255 e. The number of thioether (sulfide) groups is 1. The molecule has 2 N–H and O–H groups in total. The van der Waals surface area contributed by atoms with Gasteiger partial charge in [0, 0.05) is 35.1 Å². The minimum atomic E-state index is -0.139. The Balaban J connectivity index is 1.25. The van der Waals surface area contributed by atoms with Crippen LogP contribution in [0, 0.1) is 0 Å². The summed E-state index contributed by atoms with van der Waals surface area (Å²) in [7, 11) is 0. The number of nitrogens with zero attached hydrogens (tertiary/aromatic N) is 4. The Morgan fingerprint density at radius 3 is 2.71 bits per heavy atom. The molecule has 0 bridgehead atoms. The van der Waals surface area contributed by atoms with Gasteiger partial charge in [0.05, 0.1) is 11.6 Å². The molecule has 0 aliphatic rings. The summed E-state index contributed by atoms with van der Waals surface area (Å²) in [5.74, 6) is 0.576. The molecule has 5 aromatic rings.